The number of rotatable bonds is 4. The molecule has 2 rings (SSSR count). The lowest BCUT2D eigenvalue weighted by Gasteiger charge is -2.33. The van der Waals surface area contributed by atoms with Crippen LogP contribution in [0, 0.1) is 0 Å². The molecule has 0 spiro atoms. The molecule has 1 aliphatic carbocycles. The van der Waals surface area contributed by atoms with E-state index in [9.17, 15) is 0 Å². The zero-order valence-corrected chi connectivity index (χ0v) is 10.8. The second-order valence-corrected chi connectivity index (χ2v) is 5.38. The summed E-state index contributed by atoms with van der Waals surface area (Å²) in [6.07, 6.45) is 7.35. The van der Waals surface area contributed by atoms with Gasteiger partial charge in [-0.1, -0.05) is 12.8 Å². The standard InChI is InChI=1S/C12H20N2OS/c1-9(12-7-13-8-16-12)14-10-5-3-4-6-11(10)15-2/h7-11,14H,3-6H2,1-2H3. The number of nitrogens with one attached hydrogen (secondary N) is 1. The highest BCUT2D eigenvalue weighted by molar-refractivity contribution is 7.09. The molecule has 1 aromatic rings. The molecule has 0 radical (unpaired) electrons. The monoisotopic (exact) mass is 240 g/mol. The lowest BCUT2D eigenvalue weighted by molar-refractivity contribution is 0.0385. The van der Waals surface area contributed by atoms with Crippen molar-refractivity contribution in [1.29, 1.82) is 0 Å². The fourth-order valence-electron chi connectivity index (χ4n) is 2.41. The molecule has 1 heterocycles. The third-order valence-corrected chi connectivity index (χ3v) is 4.31. The Hall–Kier alpha value is -0.450. The molecule has 1 aliphatic rings. The SMILES string of the molecule is COC1CCCCC1NC(C)c1cncs1. The van der Waals surface area contributed by atoms with Gasteiger partial charge in [-0.05, 0) is 19.8 Å². The highest BCUT2D eigenvalue weighted by Gasteiger charge is 2.26. The van der Waals surface area contributed by atoms with E-state index >= 15 is 0 Å². The number of ether oxygens (including phenoxy) is 1. The first-order chi connectivity index (χ1) is 7.81. The fourth-order valence-corrected chi connectivity index (χ4v) is 3.05. The van der Waals surface area contributed by atoms with Crippen molar-refractivity contribution in [3.8, 4) is 0 Å². The van der Waals surface area contributed by atoms with Gasteiger partial charge >= 0.3 is 0 Å². The molecule has 3 unspecified atom stereocenters. The van der Waals surface area contributed by atoms with Crippen molar-refractivity contribution < 1.29 is 4.74 Å². The van der Waals surface area contributed by atoms with Crippen molar-refractivity contribution in [2.75, 3.05) is 7.11 Å². The fraction of sp³-hybridized carbons (Fsp3) is 0.750. The van der Waals surface area contributed by atoms with Crippen LogP contribution in [0.25, 0.3) is 0 Å². The lowest BCUT2D eigenvalue weighted by Crippen LogP contribution is -2.44. The summed E-state index contributed by atoms with van der Waals surface area (Å²) in [5.74, 6) is 0. The molecule has 0 bridgehead atoms. The molecule has 4 heteroatoms. The maximum Gasteiger partial charge on any atom is 0.0794 e. The Morgan fingerprint density at radius 1 is 1.50 bits per heavy atom. The molecule has 0 aromatic carbocycles. The summed E-state index contributed by atoms with van der Waals surface area (Å²) in [5, 5.41) is 3.67. The Bertz CT molecular complexity index is 302. The molecular weight excluding hydrogens is 220 g/mol. The van der Waals surface area contributed by atoms with Crippen LogP contribution in [0.4, 0.5) is 0 Å². The van der Waals surface area contributed by atoms with E-state index in [-0.39, 0.29) is 0 Å². The van der Waals surface area contributed by atoms with Gasteiger partial charge in [0.2, 0.25) is 0 Å². The summed E-state index contributed by atoms with van der Waals surface area (Å²) in [4.78, 5) is 5.43. The quantitative estimate of drug-likeness (QED) is 0.878. The average Bonchev–Trinajstić information content (AvgIpc) is 2.83. The number of aromatic nitrogens is 1. The van der Waals surface area contributed by atoms with Crippen LogP contribution < -0.4 is 5.32 Å². The van der Waals surface area contributed by atoms with E-state index in [1.54, 1.807) is 11.3 Å². The number of hydrogen-bond acceptors (Lipinski definition) is 4. The van der Waals surface area contributed by atoms with Gasteiger partial charge in [0.1, 0.15) is 0 Å². The Balaban J connectivity index is 1.92. The van der Waals surface area contributed by atoms with Gasteiger partial charge in [0.15, 0.2) is 0 Å². The molecule has 3 nitrogen and oxygen atoms in total. The van der Waals surface area contributed by atoms with Crippen molar-refractivity contribution >= 4 is 11.3 Å². The molecule has 90 valence electrons. The number of methoxy groups -OCH3 is 1. The topological polar surface area (TPSA) is 34.1 Å². The van der Waals surface area contributed by atoms with E-state index in [2.05, 4.69) is 17.2 Å². The van der Waals surface area contributed by atoms with E-state index in [0.29, 0.717) is 18.2 Å². The van der Waals surface area contributed by atoms with Gasteiger partial charge in [-0.15, -0.1) is 11.3 Å². The molecule has 3 atom stereocenters. The van der Waals surface area contributed by atoms with Crippen LogP contribution in [-0.4, -0.2) is 24.2 Å². The van der Waals surface area contributed by atoms with Gasteiger partial charge in [0.25, 0.3) is 0 Å². The first-order valence-electron chi connectivity index (χ1n) is 5.98. The second-order valence-electron chi connectivity index (χ2n) is 4.46. The summed E-state index contributed by atoms with van der Waals surface area (Å²) in [7, 11) is 1.82. The Kier molecular flexibility index (Phi) is 4.32. The van der Waals surface area contributed by atoms with Crippen LogP contribution in [-0.2, 0) is 4.74 Å². The average molecular weight is 240 g/mol. The predicted molar refractivity (Wildman–Crippen MR) is 66.7 cm³/mol. The van der Waals surface area contributed by atoms with Gasteiger partial charge in [-0.2, -0.15) is 0 Å². The van der Waals surface area contributed by atoms with Gasteiger partial charge in [-0.25, -0.2) is 0 Å². The van der Waals surface area contributed by atoms with Crippen LogP contribution in [0.3, 0.4) is 0 Å². The van der Waals surface area contributed by atoms with E-state index in [0.717, 1.165) is 0 Å². The maximum atomic E-state index is 5.55. The summed E-state index contributed by atoms with van der Waals surface area (Å²) >= 11 is 1.71. The van der Waals surface area contributed by atoms with Crippen LogP contribution in [0.15, 0.2) is 11.7 Å². The molecule has 1 fully saturated rings. The van der Waals surface area contributed by atoms with Crippen molar-refractivity contribution in [2.24, 2.45) is 0 Å². The van der Waals surface area contributed by atoms with Crippen LogP contribution >= 0.6 is 11.3 Å². The van der Waals surface area contributed by atoms with E-state index in [1.807, 2.05) is 18.8 Å². The minimum atomic E-state index is 0.379. The maximum absolute atomic E-state index is 5.55. The minimum absolute atomic E-state index is 0.379. The van der Waals surface area contributed by atoms with Crippen LogP contribution in [0.1, 0.15) is 43.5 Å². The van der Waals surface area contributed by atoms with E-state index in [1.165, 1.54) is 30.6 Å². The molecule has 16 heavy (non-hydrogen) atoms. The molecule has 1 N–H and O–H groups in total. The third kappa shape index (κ3) is 2.81. The largest absolute Gasteiger partial charge is 0.380 e. The number of thiazole rings is 1. The number of hydrogen-bond donors (Lipinski definition) is 1. The Labute approximate surface area is 101 Å². The minimum Gasteiger partial charge on any atom is -0.380 e. The second kappa shape index (κ2) is 5.75. The van der Waals surface area contributed by atoms with Crippen LogP contribution in [0.2, 0.25) is 0 Å². The third-order valence-electron chi connectivity index (χ3n) is 3.35. The van der Waals surface area contributed by atoms with Crippen molar-refractivity contribution in [2.45, 2.75) is 50.8 Å². The predicted octanol–water partition coefficient (Wildman–Crippen LogP) is 2.75. The zero-order chi connectivity index (χ0) is 11.4. The van der Waals surface area contributed by atoms with Gasteiger partial charge in [-0.3, -0.25) is 4.98 Å². The summed E-state index contributed by atoms with van der Waals surface area (Å²) in [6.45, 7) is 2.20. The normalized spacial score (nSPS) is 27.9. The smallest absolute Gasteiger partial charge is 0.0794 e. The van der Waals surface area contributed by atoms with Crippen molar-refractivity contribution in [3.63, 3.8) is 0 Å². The lowest BCUT2D eigenvalue weighted by atomic mass is 9.92. The molecule has 0 amide bonds. The first-order valence-corrected chi connectivity index (χ1v) is 6.86. The highest BCUT2D eigenvalue weighted by atomic mass is 32.1. The first kappa shape index (κ1) is 12.0. The van der Waals surface area contributed by atoms with E-state index < -0.39 is 0 Å². The Morgan fingerprint density at radius 2 is 2.31 bits per heavy atom. The van der Waals surface area contributed by atoms with Crippen LogP contribution in [0.5, 0.6) is 0 Å². The van der Waals surface area contributed by atoms with Gasteiger partial charge < -0.3 is 10.1 Å². The van der Waals surface area contributed by atoms with Crippen molar-refractivity contribution in [3.05, 3.63) is 16.6 Å². The molecule has 1 aromatic heterocycles. The molecule has 0 saturated heterocycles. The summed E-state index contributed by atoms with van der Waals surface area (Å²) < 4.78 is 5.55. The highest BCUT2D eigenvalue weighted by Crippen LogP contribution is 2.24. The Morgan fingerprint density at radius 3 is 3.00 bits per heavy atom. The zero-order valence-electron chi connectivity index (χ0n) is 9.98. The van der Waals surface area contributed by atoms with Gasteiger partial charge in [0.05, 0.1) is 11.6 Å². The molecule has 1 saturated carbocycles. The number of nitrogens with zero attached hydrogens (tertiary/aromatic N) is 1. The van der Waals surface area contributed by atoms with E-state index in [4.69, 9.17) is 4.74 Å². The van der Waals surface area contributed by atoms with Crippen molar-refractivity contribution in [1.82, 2.24) is 10.3 Å². The molecular formula is C12H20N2OS. The molecule has 0 aliphatic heterocycles. The summed E-state index contributed by atoms with van der Waals surface area (Å²) in [5.41, 5.74) is 1.89. The van der Waals surface area contributed by atoms with Gasteiger partial charge in [0, 0.05) is 30.3 Å². The summed E-state index contributed by atoms with van der Waals surface area (Å²) in [6, 6.07) is 0.879.